The zero-order valence-corrected chi connectivity index (χ0v) is 43.9. The van der Waals surface area contributed by atoms with Crippen molar-refractivity contribution < 1.29 is 20.1 Å². The molecule has 5 nitrogen and oxygen atoms in total. The van der Waals surface area contributed by atoms with Crippen LogP contribution < -0.4 is 5.32 Å². The number of aliphatic hydroxyl groups excluding tert-OH is 3. The molecule has 0 rings (SSSR count). The number of carbonyl (C=O) groups is 1. The summed E-state index contributed by atoms with van der Waals surface area (Å²) in [5.74, 6) is -0.326. The Hall–Kier alpha value is -1.43. The van der Waals surface area contributed by atoms with Gasteiger partial charge >= 0.3 is 0 Å². The Morgan fingerprint density at radius 2 is 0.662 bits per heavy atom. The van der Waals surface area contributed by atoms with Crippen molar-refractivity contribution in [2.45, 2.75) is 334 Å². The lowest BCUT2D eigenvalue weighted by Gasteiger charge is -2.21. The number of aliphatic hydroxyl groups is 3. The molecular formula is C60H115NO4. The fourth-order valence-electron chi connectivity index (χ4n) is 9.20. The highest BCUT2D eigenvalue weighted by Gasteiger charge is 2.20. The standard InChI is InChI=1S/C60H115NO4/c1-3-5-7-9-11-13-15-17-18-19-20-21-22-23-24-25-26-27-28-29-30-31-32-33-34-35-36-37-38-39-40-42-43-45-47-49-51-53-57(63)55-60(65)61-58(56-62)59(64)54-52-50-48-46-44-41-16-14-12-10-8-6-4-2/h12,14,44,46,52,54,57-59,62-64H,3-11,13,15-43,45,47-51,53,55-56H2,1-2H3,(H,61,65)/b14-12+,46-44+,54-52+. The van der Waals surface area contributed by atoms with E-state index in [-0.39, 0.29) is 18.9 Å². The van der Waals surface area contributed by atoms with Gasteiger partial charge in [-0.3, -0.25) is 4.79 Å². The number of allylic oxidation sites excluding steroid dienone is 5. The van der Waals surface area contributed by atoms with Gasteiger partial charge in [0.2, 0.25) is 5.91 Å². The average Bonchev–Trinajstić information content (AvgIpc) is 3.30. The van der Waals surface area contributed by atoms with Crippen molar-refractivity contribution in [2.24, 2.45) is 0 Å². The van der Waals surface area contributed by atoms with E-state index in [1.807, 2.05) is 6.08 Å². The van der Waals surface area contributed by atoms with Crippen LogP contribution >= 0.6 is 0 Å². The molecule has 0 aliphatic carbocycles. The minimum absolute atomic E-state index is 0.00532. The molecular weight excluding hydrogens is 799 g/mol. The van der Waals surface area contributed by atoms with Crippen LogP contribution in [0.25, 0.3) is 0 Å². The van der Waals surface area contributed by atoms with Crippen LogP contribution in [0.15, 0.2) is 36.5 Å². The first-order valence-corrected chi connectivity index (χ1v) is 29.3. The Balaban J connectivity index is 3.44. The number of unbranched alkanes of at least 4 members (excludes halogenated alkanes) is 41. The van der Waals surface area contributed by atoms with Gasteiger partial charge in [-0.1, -0.05) is 301 Å². The van der Waals surface area contributed by atoms with Crippen LogP contribution in [0.3, 0.4) is 0 Å². The fourth-order valence-corrected chi connectivity index (χ4v) is 9.20. The maximum absolute atomic E-state index is 12.5. The highest BCUT2D eigenvalue weighted by molar-refractivity contribution is 5.76. The Morgan fingerprint density at radius 1 is 0.385 bits per heavy atom. The predicted molar refractivity (Wildman–Crippen MR) is 287 cm³/mol. The summed E-state index contributed by atoms with van der Waals surface area (Å²) in [5, 5.41) is 33.3. The van der Waals surface area contributed by atoms with Gasteiger partial charge in [0.25, 0.3) is 0 Å². The third kappa shape index (κ3) is 51.8. The van der Waals surface area contributed by atoms with Crippen LogP contribution in [0.4, 0.5) is 0 Å². The van der Waals surface area contributed by atoms with Gasteiger partial charge in [0.15, 0.2) is 0 Å². The second kappa shape index (κ2) is 55.2. The molecule has 0 saturated heterocycles. The Kier molecular flexibility index (Phi) is 54.0. The number of nitrogens with one attached hydrogen (secondary N) is 1. The van der Waals surface area contributed by atoms with Crippen molar-refractivity contribution in [3.63, 3.8) is 0 Å². The van der Waals surface area contributed by atoms with E-state index in [4.69, 9.17) is 0 Å². The highest BCUT2D eigenvalue weighted by atomic mass is 16.3. The molecule has 0 spiro atoms. The highest BCUT2D eigenvalue weighted by Crippen LogP contribution is 2.18. The van der Waals surface area contributed by atoms with E-state index in [1.54, 1.807) is 6.08 Å². The van der Waals surface area contributed by atoms with Crippen LogP contribution in [0.1, 0.15) is 316 Å². The zero-order valence-electron chi connectivity index (χ0n) is 43.9. The van der Waals surface area contributed by atoms with Gasteiger partial charge in [-0.05, 0) is 44.9 Å². The molecule has 384 valence electrons. The first kappa shape index (κ1) is 63.6. The summed E-state index contributed by atoms with van der Waals surface area (Å²) in [6.45, 7) is 4.19. The van der Waals surface area contributed by atoms with E-state index >= 15 is 0 Å². The van der Waals surface area contributed by atoms with Crippen LogP contribution in [0.2, 0.25) is 0 Å². The quantitative estimate of drug-likeness (QED) is 0.0361. The van der Waals surface area contributed by atoms with Gasteiger partial charge in [0.05, 0.1) is 31.3 Å². The lowest BCUT2D eigenvalue weighted by atomic mass is 10.0. The van der Waals surface area contributed by atoms with Gasteiger partial charge < -0.3 is 20.6 Å². The molecule has 0 aromatic rings. The summed E-state index contributed by atoms with van der Waals surface area (Å²) >= 11 is 0. The number of hydrogen-bond donors (Lipinski definition) is 4. The van der Waals surface area contributed by atoms with E-state index in [1.165, 1.54) is 250 Å². The van der Waals surface area contributed by atoms with Gasteiger partial charge in [-0.25, -0.2) is 0 Å². The summed E-state index contributed by atoms with van der Waals surface area (Å²) in [7, 11) is 0. The van der Waals surface area contributed by atoms with E-state index in [9.17, 15) is 20.1 Å². The van der Waals surface area contributed by atoms with Crippen LogP contribution in [0.5, 0.6) is 0 Å². The van der Waals surface area contributed by atoms with E-state index in [0.29, 0.717) is 6.42 Å². The number of amides is 1. The molecule has 3 unspecified atom stereocenters. The summed E-state index contributed by atoms with van der Waals surface area (Å²) in [4.78, 5) is 12.5. The summed E-state index contributed by atoms with van der Waals surface area (Å²) in [5.41, 5.74) is 0. The SMILES string of the molecule is CCCCC/C=C/CC/C=C/CC/C=C/C(O)C(CO)NC(=O)CC(O)CCCCCCCCCCCCCCCCCCCCCCCCCCCCCCCCCCCCCCC. The van der Waals surface area contributed by atoms with Gasteiger partial charge in [-0.2, -0.15) is 0 Å². The summed E-state index contributed by atoms with van der Waals surface area (Å²) in [6, 6.07) is -0.765. The first-order valence-electron chi connectivity index (χ1n) is 29.3. The maximum Gasteiger partial charge on any atom is 0.222 e. The van der Waals surface area contributed by atoms with Crippen molar-refractivity contribution in [3.8, 4) is 0 Å². The maximum atomic E-state index is 12.5. The summed E-state index contributed by atoms with van der Waals surface area (Å²) in [6.07, 6.45) is 72.3. The van der Waals surface area contributed by atoms with Crippen molar-refractivity contribution >= 4 is 5.91 Å². The topological polar surface area (TPSA) is 89.8 Å². The molecule has 0 aliphatic rings. The largest absolute Gasteiger partial charge is 0.394 e. The molecule has 3 atom stereocenters. The minimum Gasteiger partial charge on any atom is -0.394 e. The molecule has 0 aromatic carbocycles. The normalized spacial score (nSPS) is 13.5. The molecule has 0 saturated carbocycles. The Bertz CT molecular complexity index is 1010. The van der Waals surface area contributed by atoms with E-state index in [2.05, 4.69) is 43.5 Å². The lowest BCUT2D eigenvalue weighted by Crippen LogP contribution is -2.45. The minimum atomic E-state index is -0.958. The Morgan fingerprint density at radius 3 is 0.985 bits per heavy atom. The fraction of sp³-hybridized carbons (Fsp3) is 0.883. The molecule has 4 N–H and O–H groups in total. The predicted octanol–water partition coefficient (Wildman–Crippen LogP) is 18.2. The second-order valence-electron chi connectivity index (χ2n) is 20.2. The molecule has 0 bridgehead atoms. The second-order valence-corrected chi connectivity index (χ2v) is 20.2. The van der Waals surface area contributed by atoms with E-state index < -0.39 is 18.2 Å². The van der Waals surface area contributed by atoms with Crippen LogP contribution in [-0.4, -0.2) is 46.1 Å². The summed E-state index contributed by atoms with van der Waals surface area (Å²) < 4.78 is 0. The molecule has 5 heteroatoms. The average molecular weight is 915 g/mol. The van der Waals surface area contributed by atoms with E-state index in [0.717, 1.165) is 38.5 Å². The number of hydrogen-bond acceptors (Lipinski definition) is 4. The molecule has 65 heavy (non-hydrogen) atoms. The number of carbonyl (C=O) groups excluding carboxylic acids is 1. The van der Waals surface area contributed by atoms with Gasteiger partial charge in [0, 0.05) is 0 Å². The van der Waals surface area contributed by atoms with Crippen molar-refractivity contribution in [1.29, 1.82) is 0 Å². The monoisotopic (exact) mass is 914 g/mol. The molecule has 0 radical (unpaired) electrons. The lowest BCUT2D eigenvalue weighted by molar-refractivity contribution is -0.124. The van der Waals surface area contributed by atoms with Crippen molar-refractivity contribution in [1.82, 2.24) is 5.32 Å². The van der Waals surface area contributed by atoms with Gasteiger partial charge in [-0.15, -0.1) is 0 Å². The molecule has 1 amide bonds. The number of rotatable bonds is 54. The smallest absolute Gasteiger partial charge is 0.222 e. The van der Waals surface area contributed by atoms with Crippen molar-refractivity contribution in [2.75, 3.05) is 6.61 Å². The van der Waals surface area contributed by atoms with Crippen molar-refractivity contribution in [3.05, 3.63) is 36.5 Å². The molecule has 0 aliphatic heterocycles. The third-order valence-corrected chi connectivity index (χ3v) is 13.7. The van der Waals surface area contributed by atoms with Crippen LogP contribution in [-0.2, 0) is 4.79 Å². The molecule has 0 fully saturated rings. The molecule has 0 aromatic heterocycles. The Labute approximate surface area is 406 Å². The molecule has 0 heterocycles. The third-order valence-electron chi connectivity index (χ3n) is 13.7. The van der Waals surface area contributed by atoms with Crippen LogP contribution in [0, 0.1) is 0 Å². The van der Waals surface area contributed by atoms with Gasteiger partial charge in [0.1, 0.15) is 0 Å². The first-order chi connectivity index (χ1) is 32.0. The zero-order chi connectivity index (χ0) is 47.2.